The van der Waals surface area contributed by atoms with Crippen LogP contribution in [0.5, 0.6) is 0 Å². The minimum Gasteiger partial charge on any atom is -0.378 e. The van der Waals surface area contributed by atoms with Crippen LogP contribution in [0.3, 0.4) is 0 Å². The largest absolute Gasteiger partial charge is 0.378 e. The van der Waals surface area contributed by atoms with Gasteiger partial charge in [-0.1, -0.05) is 24.3 Å². The molecule has 0 aliphatic carbocycles. The zero-order valence-corrected chi connectivity index (χ0v) is 22.3. The van der Waals surface area contributed by atoms with Crippen molar-refractivity contribution in [2.45, 2.75) is 6.92 Å². The summed E-state index contributed by atoms with van der Waals surface area (Å²) in [5.41, 5.74) is 5.64. The van der Waals surface area contributed by atoms with E-state index in [1.807, 2.05) is 36.4 Å². The Morgan fingerprint density at radius 3 is 2.56 bits per heavy atom. The van der Waals surface area contributed by atoms with Gasteiger partial charge < -0.3 is 9.64 Å². The minimum absolute atomic E-state index is 0.0553. The molecule has 4 heterocycles. The Hall–Kier alpha value is -5.15. The Morgan fingerprint density at radius 1 is 0.927 bits per heavy atom. The maximum Gasteiger partial charge on any atom is 0.254 e. The van der Waals surface area contributed by atoms with Crippen LogP contribution in [0.4, 0.5) is 5.69 Å². The molecule has 1 saturated heterocycles. The number of morpholine rings is 1. The van der Waals surface area contributed by atoms with Crippen LogP contribution in [0.1, 0.15) is 33.3 Å². The van der Waals surface area contributed by atoms with Gasteiger partial charge >= 0.3 is 0 Å². The summed E-state index contributed by atoms with van der Waals surface area (Å²) < 4.78 is 5.42. The van der Waals surface area contributed by atoms with Crippen molar-refractivity contribution < 1.29 is 19.1 Å². The third-order valence-corrected chi connectivity index (χ3v) is 7.61. The molecule has 1 fully saturated rings. The normalized spacial score (nSPS) is 16.1. The number of Topliss-reactive ketones (excluding diaryl/α,β-unsaturated/α-hetero) is 1. The van der Waals surface area contributed by atoms with Gasteiger partial charge in [-0.2, -0.15) is 5.10 Å². The van der Waals surface area contributed by atoms with Crippen molar-refractivity contribution in [3.8, 4) is 11.1 Å². The van der Waals surface area contributed by atoms with Crippen molar-refractivity contribution in [3.63, 3.8) is 0 Å². The summed E-state index contributed by atoms with van der Waals surface area (Å²) in [5, 5.41) is 8.96. The van der Waals surface area contributed by atoms with E-state index in [0.29, 0.717) is 54.3 Å². The summed E-state index contributed by atoms with van der Waals surface area (Å²) in [5.74, 6) is -0.548. The molecule has 5 aromatic rings. The van der Waals surface area contributed by atoms with Gasteiger partial charge in [0, 0.05) is 41.9 Å². The van der Waals surface area contributed by atoms with Gasteiger partial charge in [0.1, 0.15) is 0 Å². The lowest BCUT2D eigenvalue weighted by atomic mass is 9.95. The molecule has 0 radical (unpaired) electrons. The fourth-order valence-electron chi connectivity index (χ4n) is 5.67. The van der Waals surface area contributed by atoms with E-state index >= 15 is 0 Å². The number of pyridine rings is 1. The lowest BCUT2D eigenvalue weighted by Crippen LogP contribution is -2.40. The van der Waals surface area contributed by atoms with Crippen LogP contribution in [-0.4, -0.2) is 64.0 Å². The molecular weight excluding hydrogens is 518 g/mol. The highest BCUT2D eigenvalue weighted by Crippen LogP contribution is 2.38. The van der Waals surface area contributed by atoms with E-state index in [2.05, 4.69) is 10.2 Å². The van der Waals surface area contributed by atoms with Gasteiger partial charge in [0.2, 0.25) is 11.7 Å². The number of carbonyl (C=O) groups excluding carboxylic acids is 3. The topological polar surface area (TPSA) is 108 Å². The van der Waals surface area contributed by atoms with E-state index < -0.39 is 0 Å². The molecule has 0 atom stereocenters. The van der Waals surface area contributed by atoms with Crippen LogP contribution < -0.4 is 4.90 Å². The maximum absolute atomic E-state index is 13.4. The monoisotopic (exact) mass is 543 g/mol. The van der Waals surface area contributed by atoms with E-state index in [4.69, 9.17) is 9.72 Å². The highest BCUT2D eigenvalue weighted by Gasteiger charge is 2.34. The van der Waals surface area contributed by atoms with E-state index in [9.17, 15) is 14.4 Å². The standard InChI is InChI=1S/C32H25N5O4/c1-19(38)37-29-8-3-2-5-23(29)31(39)30(37)17-21-16-24(22-6-4-7-28-26(22)18-33-35-28)25-15-20(9-10-27(25)34-21)32(40)36-11-13-41-14-12-36/h2-10,15-18H,11-14H2,1H3,(H,33,35)/b30-17-. The average Bonchev–Trinajstić information content (AvgIpc) is 3.59. The quantitative estimate of drug-likeness (QED) is 0.326. The molecule has 1 N–H and O–H groups in total. The number of ether oxygens (including phenoxy) is 1. The van der Waals surface area contributed by atoms with Crippen molar-refractivity contribution in [2.24, 2.45) is 0 Å². The number of fused-ring (bicyclic) bond motifs is 3. The van der Waals surface area contributed by atoms with E-state index in [1.165, 1.54) is 11.8 Å². The SMILES string of the molecule is CC(=O)N1/C(=C\c2cc(-c3cccc4[nH]ncc34)c3cc(C(=O)N4CCOCC4)ccc3n2)C(=O)c2ccccc21. The zero-order valence-electron chi connectivity index (χ0n) is 22.3. The van der Waals surface area contributed by atoms with Crippen LogP contribution in [0.15, 0.2) is 78.6 Å². The first-order valence-corrected chi connectivity index (χ1v) is 13.4. The second-order valence-electron chi connectivity index (χ2n) is 10.1. The highest BCUT2D eigenvalue weighted by molar-refractivity contribution is 6.26. The number of benzene rings is 3. The number of aromatic nitrogens is 3. The first-order chi connectivity index (χ1) is 20.0. The summed E-state index contributed by atoms with van der Waals surface area (Å²) in [7, 11) is 0. The molecule has 0 saturated carbocycles. The van der Waals surface area contributed by atoms with E-state index in [-0.39, 0.29) is 23.3 Å². The first-order valence-electron chi connectivity index (χ1n) is 13.4. The molecule has 2 aromatic heterocycles. The predicted octanol–water partition coefficient (Wildman–Crippen LogP) is 4.84. The van der Waals surface area contributed by atoms with Crippen LogP contribution in [-0.2, 0) is 9.53 Å². The summed E-state index contributed by atoms with van der Waals surface area (Å²) in [6, 6.07) is 20.4. The molecule has 41 heavy (non-hydrogen) atoms. The van der Waals surface area contributed by atoms with Crippen LogP contribution in [0.25, 0.3) is 39.0 Å². The summed E-state index contributed by atoms with van der Waals surface area (Å²) in [6.07, 6.45) is 3.43. The summed E-state index contributed by atoms with van der Waals surface area (Å²) in [6.45, 7) is 3.58. The number of nitrogens with zero attached hydrogens (tertiary/aromatic N) is 4. The second-order valence-corrected chi connectivity index (χ2v) is 10.1. The Balaban J connectivity index is 1.42. The number of rotatable bonds is 3. The number of aromatic amines is 1. The number of allylic oxidation sites excluding steroid dienone is 1. The lowest BCUT2D eigenvalue weighted by molar-refractivity contribution is -0.116. The molecule has 0 unspecified atom stereocenters. The molecule has 0 spiro atoms. The molecule has 0 bridgehead atoms. The fourth-order valence-corrected chi connectivity index (χ4v) is 5.67. The van der Waals surface area contributed by atoms with E-state index in [1.54, 1.807) is 47.5 Å². The number of amides is 2. The number of H-pyrrole nitrogens is 1. The smallest absolute Gasteiger partial charge is 0.254 e. The predicted molar refractivity (Wildman–Crippen MR) is 155 cm³/mol. The number of nitrogens with one attached hydrogen (secondary N) is 1. The zero-order chi connectivity index (χ0) is 28.1. The van der Waals surface area contributed by atoms with E-state index in [0.717, 1.165) is 27.4 Å². The molecule has 202 valence electrons. The highest BCUT2D eigenvalue weighted by atomic mass is 16.5. The van der Waals surface area contributed by atoms with Gasteiger partial charge in [-0.15, -0.1) is 0 Å². The lowest BCUT2D eigenvalue weighted by Gasteiger charge is -2.27. The van der Waals surface area contributed by atoms with Crippen molar-refractivity contribution >= 4 is 51.2 Å². The summed E-state index contributed by atoms with van der Waals surface area (Å²) >= 11 is 0. The Morgan fingerprint density at radius 2 is 1.73 bits per heavy atom. The molecule has 2 aliphatic rings. The minimum atomic E-state index is -0.259. The summed E-state index contributed by atoms with van der Waals surface area (Å²) in [4.78, 5) is 47.5. The molecule has 3 aromatic carbocycles. The number of ketones is 1. The fraction of sp³-hybridized carbons (Fsp3) is 0.156. The number of carbonyl (C=O) groups is 3. The Kier molecular flexibility index (Phi) is 5.94. The maximum atomic E-state index is 13.4. The molecule has 2 amide bonds. The van der Waals surface area contributed by atoms with Crippen molar-refractivity contribution in [1.82, 2.24) is 20.1 Å². The van der Waals surface area contributed by atoms with Crippen molar-refractivity contribution in [3.05, 3.63) is 95.4 Å². The number of anilines is 1. The Bertz CT molecular complexity index is 1920. The molecular formula is C32H25N5O4. The molecule has 2 aliphatic heterocycles. The van der Waals surface area contributed by atoms with Gasteiger partial charge in [-0.05, 0) is 59.7 Å². The van der Waals surface area contributed by atoms with Gasteiger partial charge in [-0.3, -0.25) is 24.4 Å². The number of hydrogen-bond acceptors (Lipinski definition) is 6. The number of hydrogen-bond donors (Lipinski definition) is 1. The van der Waals surface area contributed by atoms with Gasteiger partial charge in [-0.25, -0.2) is 4.98 Å². The molecule has 9 heteroatoms. The van der Waals surface area contributed by atoms with Crippen molar-refractivity contribution in [2.75, 3.05) is 31.2 Å². The van der Waals surface area contributed by atoms with Crippen LogP contribution in [0.2, 0.25) is 0 Å². The van der Waals surface area contributed by atoms with Crippen molar-refractivity contribution in [1.29, 1.82) is 0 Å². The average molecular weight is 544 g/mol. The Labute approximate surface area is 235 Å². The van der Waals surface area contributed by atoms with Gasteiger partial charge in [0.15, 0.2) is 0 Å². The van der Waals surface area contributed by atoms with Gasteiger partial charge in [0.25, 0.3) is 5.91 Å². The number of para-hydroxylation sites is 1. The van der Waals surface area contributed by atoms with Gasteiger partial charge in [0.05, 0.1) is 47.5 Å². The first kappa shape index (κ1) is 24.9. The molecule has 9 nitrogen and oxygen atoms in total. The van der Waals surface area contributed by atoms with Crippen LogP contribution in [0, 0.1) is 0 Å². The third-order valence-electron chi connectivity index (χ3n) is 7.61. The second kappa shape index (κ2) is 9.79. The molecule has 7 rings (SSSR count). The van der Waals surface area contributed by atoms with Crippen LogP contribution >= 0.6 is 0 Å². The third kappa shape index (κ3) is 4.18.